The number of rotatable bonds is 9. The van der Waals surface area contributed by atoms with Gasteiger partial charge in [-0.15, -0.1) is 0 Å². The number of halogens is 7. The van der Waals surface area contributed by atoms with Gasteiger partial charge in [-0.2, -0.15) is 46.3 Å². The molecule has 1 atom stereocenters. The van der Waals surface area contributed by atoms with Crippen molar-refractivity contribution in [3.8, 4) is 0 Å². The van der Waals surface area contributed by atoms with E-state index in [2.05, 4.69) is 45.5 Å². The average molecular weight is 858 g/mol. The minimum Gasteiger partial charge on any atom is -0.365 e. The molecule has 21 heteroatoms. The first-order valence-corrected chi connectivity index (χ1v) is 20.7. The third kappa shape index (κ3) is 9.88. The van der Waals surface area contributed by atoms with Crippen molar-refractivity contribution >= 4 is 55.4 Å². The van der Waals surface area contributed by atoms with Crippen molar-refractivity contribution in [2.24, 2.45) is 0 Å². The Morgan fingerprint density at radius 1 is 0.650 bits per heavy atom. The van der Waals surface area contributed by atoms with Gasteiger partial charge in [-0.25, -0.2) is 22.8 Å². The lowest BCUT2D eigenvalue weighted by Gasteiger charge is -2.31. The minimum absolute atomic E-state index is 0.00260. The van der Waals surface area contributed by atoms with Crippen molar-refractivity contribution in [1.82, 2.24) is 34.9 Å². The number of piperidine rings is 1. The molecule has 2 aliphatic rings. The number of fused-ring (bicyclic) bond motifs is 2. The molecule has 5 aromatic heterocycles. The second-order valence-corrected chi connectivity index (χ2v) is 16.5. The third-order valence-corrected chi connectivity index (χ3v) is 11.7. The van der Waals surface area contributed by atoms with E-state index in [0.717, 1.165) is 12.3 Å². The molecule has 0 bridgehead atoms. The van der Waals surface area contributed by atoms with Gasteiger partial charge in [-0.1, -0.05) is 24.3 Å². The van der Waals surface area contributed by atoms with E-state index in [4.69, 9.17) is 0 Å². The second kappa shape index (κ2) is 17.3. The normalized spacial score (nSPS) is 16.5. The number of sulfone groups is 1. The maximum Gasteiger partial charge on any atom is 0.433 e. The summed E-state index contributed by atoms with van der Waals surface area (Å²) < 4.78 is 117. The molecule has 0 amide bonds. The number of aromatic nitrogens is 7. The summed E-state index contributed by atoms with van der Waals surface area (Å²) in [4.78, 5) is 33.3. The highest BCUT2D eigenvalue weighted by Gasteiger charge is 2.35. The summed E-state index contributed by atoms with van der Waals surface area (Å²) >= 11 is 0. The van der Waals surface area contributed by atoms with Gasteiger partial charge in [0, 0.05) is 63.1 Å². The lowest BCUT2D eigenvalue weighted by molar-refractivity contribution is -0.142. The van der Waals surface area contributed by atoms with Gasteiger partial charge in [0.2, 0.25) is 11.9 Å². The van der Waals surface area contributed by atoms with Crippen LogP contribution in [-0.2, 0) is 35.3 Å². The van der Waals surface area contributed by atoms with Gasteiger partial charge in [-0.05, 0) is 61.2 Å². The fourth-order valence-corrected chi connectivity index (χ4v) is 8.05. The summed E-state index contributed by atoms with van der Waals surface area (Å²) in [6.45, 7) is 1.37. The van der Waals surface area contributed by atoms with Crippen molar-refractivity contribution < 1.29 is 39.2 Å². The van der Waals surface area contributed by atoms with Crippen LogP contribution in [0.4, 0.5) is 54.3 Å². The van der Waals surface area contributed by atoms with Crippen LogP contribution in [0.1, 0.15) is 41.6 Å². The van der Waals surface area contributed by atoms with Crippen LogP contribution in [-0.4, -0.2) is 87.2 Å². The number of benzene rings is 1. The van der Waals surface area contributed by atoms with Crippen LogP contribution in [0.2, 0.25) is 0 Å². The van der Waals surface area contributed by atoms with Crippen LogP contribution in [0.25, 0.3) is 22.1 Å². The molecule has 60 heavy (non-hydrogen) atoms. The molecule has 13 nitrogen and oxygen atoms in total. The molecule has 8 rings (SSSR count). The standard InChI is InChI=1S/C21H22F3N5O2S.C18H16F4N6/c1-32(30,31)15-8-11-29(12-9-15)20-27-18-16(6-4-10-25-18)19(28-20)26-13-14-5-2-3-7-17(14)21(22,23)24;19-12-5-8-28(10-12)17-26-15-13(4-2-7-24-15)16(27-17)25-9-11-3-1-6-23-14(11)18(20,21)22/h2-7,10,15H,8-9,11-13H2,1H3,(H,25,26,27,28);1-4,6-7,12H,5,8-10H2,(H,24,25,26,27). The molecular weight excluding hydrogens is 820 g/mol. The Bertz CT molecular complexity index is 2570. The zero-order valence-corrected chi connectivity index (χ0v) is 32.7. The van der Waals surface area contributed by atoms with Crippen molar-refractivity contribution in [3.63, 3.8) is 0 Å². The Hall–Kier alpha value is -5.99. The predicted octanol–water partition coefficient (Wildman–Crippen LogP) is 7.27. The topological polar surface area (TPSA) is 155 Å². The van der Waals surface area contributed by atoms with E-state index in [0.29, 0.717) is 84.5 Å². The van der Waals surface area contributed by atoms with Crippen LogP contribution in [0, 0.1) is 0 Å². The zero-order chi connectivity index (χ0) is 42.7. The molecule has 316 valence electrons. The van der Waals surface area contributed by atoms with Crippen molar-refractivity contribution in [2.45, 2.75) is 56.1 Å². The van der Waals surface area contributed by atoms with Crippen LogP contribution >= 0.6 is 0 Å². The molecule has 0 spiro atoms. The van der Waals surface area contributed by atoms with Crippen LogP contribution in [0.5, 0.6) is 0 Å². The van der Waals surface area contributed by atoms with E-state index in [9.17, 15) is 39.2 Å². The maximum absolute atomic E-state index is 13.6. The van der Waals surface area contributed by atoms with E-state index in [1.165, 1.54) is 30.5 Å². The second-order valence-electron chi connectivity index (χ2n) is 14.2. The van der Waals surface area contributed by atoms with E-state index in [1.54, 1.807) is 47.6 Å². The average Bonchev–Trinajstić information content (AvgIpc) is 3.67. The predicted molar refractivity (Wildman–Crippen MR) is 212 cm³/mol. The number of pyridine rings is 3. The highest BCUT2D eigenvalue weighted by atomic mass is 32.2. The van der Waals surface area contributed by atoms with Crippen molar-refractivity contribution in [1.29, 1.82) is 0 Å². The summed E-state index contributed by atoms with van der Waals surface area (Å²) in [7, 11) is -3.11. The summed E-state index contributed by atoms with van der Waals surface area (Å²) in [5, 5.41) is 6.72. The number of nitrogens with one attached hydrogen (secondary N) is 2. The van der Waals surface area contributed by atoms with Gasteiger partial charge in [0.1, 0.15) is 33.3 Å². The smallest absolute Gasteiger partial charge is 0.365 e. The van der Waals surface area contributed by atoms with E-state index in [-0.39, 0.29) is 30.8 Å². The molecule has 0 saturated carbocycles. The molecule has 1 unspecified atom stereocenters. The van der Waals surface area contributed by atoms with Gasteiger partial charge >= 0.3 is 12.4 Å². The van der Waals surface area contributed by atoms with E-state index >= 15 is 0 Å². The van der Waals surface area contributed by atoms with Gasteiger partial charge in [0.05, 0.1) is 28.1 Å². The number of hydrogen-bond donors (Lipinski definition) is 2. The summed E-state index contributed by atoms with van der Waals surface area (Å²) in [6, 6.07) is 15.1. The lowest BCUT2D eigenvalue weighted by Crippen LogP contribution is -2.39. The number of hydrogen-bond acceptors (Lipinski definition) is 13. The Morgan fingerprint density at radius 3 is 1.72 bits per heavy atom. The molecule has 6 aromatic rings. The minimum atomic E-state index is -4.55. The molecule has 1 aromatic carbocycles. The molecule has 2 saturated heterocycles. The fraction of sp³-hybridized carbons (Fsp3) is 0.359. The first kappa shape index (κ1) is 42.1. The van der Waals surface area contributed by atoms with E-state index in [1.807, 2.05) is 4.90 Å². The van der Waals surface area contributed by atoms with Gasteiger partial charge in [0.25, 0.3) is 0 Å². The van der Waals surface area contributed by atoms with Gasteiger partial charge in [-0.3, -0.25) is 4.98 Å². The van der Waals surface area contributed by atoms with Crippen molar-refractivity contribution in [3.05, 3.63) is 102 Å². The van der Waals surface area contributed by atoms with Crippen LogP contribution in [0.3, 0.4) is 0 Å². The first-order chi connectivity index (χ1) is 28.5. The van der Waals surface area contributed by atoms with Gasteiger partial charge < -0.3 is 20.4 Å². The molecule has 2 aliphatic heterocycles. The lowest BCUT2D eigenvalue weighted by atomic mass is 10.1. The zero-order valence-electron chi connectivity index (χ0n) is 31.9. The van der Waals surface area contributed by atoms with Crippen LogP contribution in [0.15, 0.2) is 79.3 Å². The van der Waals surface area contributed by atoms with E-state index < -0.39 is 44.9 Å². The number of anilines is 4. The summed E-state index contributed by atoms with van der Waals surface area (Å²) in [6.07, 6.45) is -3.16. The molecule has 2 N–H and O–H groups in total. The molecule has 0 aliphatic carbocycles. The first-order valence-electron chi connectivity index (χ1n) is 18.8. The maximum atomic E-state index is 13.6. The summed E-state index contributed by atoms with van der Waals surface area (Å²) in [5.74, 6) is 1.39. The Morgan fingerprint density at radius 2 is 1.17 bits per heavy atom. The SMILES string of the molecule is CS(=O)(=O)C1CCN(c2nc(NCc3ccccc3C(F)(F)F)c3cccnc3n2)CC1.FC1CCN(c2nc(NCc3cccnc3C(F)(F)F)c3cccnc3n2)C1. The molecule has 0 radical (unpaired) electrons. The van der Waals surface area contributed by atoms with Crippen LogP contribution < -0.4 is 20.4 Å². The Labute approximate surface area is 339 Å². The molecule has 2 fully saturated rings. The number of alkyl halides is 7. The fourth-order valence-electron chi connectivity index (χ4n) is 6.98. The Balaban J connectivity index is 0.000000183. The largest absolute Gasteiger partial charge is 0.433 e. The third-order valence-electron chi connectivity index (χ3n) is 10.0. The highest BCUT2D eigenvalue weighted by molar-refractivity contribution is 7.91. The molecule has 7 heterocycles. The number of nitrogens with zero attached hydrogens (tertiary/aromatic N) is 9. The van der Waals surface area contributed by atoms with Crippen molar-refractivity contribution in [2.75, 3.05) is 52.9 Å². The monoisotopic (exact) mass is 857 g/mol. The quantitative estimate of drug-likeness (QED) is 0.140. The molecular formula is C39H38F7N11O2S. The highest BCUT2D eigenvalue weighted by Crippen LogP contribution is 2.34. The van der Waals surface area contributed by atoms with Gasteiger partial charge in [0.15, 0.2) is 11.3 Å². The summed E-state index contributed by atoms with van der Waals surface area (Å²) in [5.41, 5.74) is -0.747. The Kier molecular flexibility index (Phi) is 12.2.